The SMILES string of the molecule is Cc1c(C(=O)[O-])ccc2c1N[C@@H](c1ccc(Cl)cc1)[C@H]1CC=C[C@H]21. The Bertz CT molecular complexity index is 841. The largest absolute Gasteiger partial charge is 0.545 e. The maximum atomic E-state index is 11.4. The van der Waals surface area contributed by atoms with Crippen molar-refractivity contribution in [3.63, 3.8) is 0 Å². The van der Waals surface area contributed by atoms with E-state index in [-0.39, 0.29) is 11.6 Å². The highest BCUT2D eigenvalue weighted by molar-refractivity contribution is 6.30. The second-order valence-corrected chi connectivity index (χ2v) is 6.95. The lowest BCUT2D eigenvalue weighted by atomic mass is 9.76. The van der Waals surface area contributed by atoms with Gasteiger partial charge in [0.25, 0.3) is 0 Å². The molecule has 0 bridgehead atoms. The van der Waals surface area contributed by atoms with Crippen LogP contribution in [0.5, 0.6) is 0 Å². The summed E-state index contributed by atoms with van der Waals surface area (Å²) in [7, 11) is 0. The third kappa shape index (κ3) is 2.31. The van der Waals surface area contributed by atoms with Gasteiger partial charge < -0.3 is 15.2 Å². The fourth-order valence-electron chi connectivity index (χ4n) is 4.04. The summed E-state index contributed by atoms with van der Waals surface area (Å²) in [5.74, 6) is -0.410. The van der Waals surface area contributed by atoms with E-state index in [1.54, 1.807) is 6.07 Å². The number of hydrogen-bond acceptors (Lipinski definition) is 3. The van der Waals surface area contributed by atoms with Gasteiger partial charge in [-0.3, -0.25) is 0 Å². The molecule has 4 heteroatoms. The monoisotopic (exact) mass is 338 g/mol. The summed E-state index contributed by atoms with van der Waals surface area (Å²) >= 11 is 6.02. The van der Waals surface area contributed by atoms with Crippen LogP contribution in [0, 0.1) is 12.8 Å². The summed E-state index contributed by atoms with van der Waals surface area (Å²) < 4.78 is 0. The first-order valence-corrected chi connectivity index (χ1v) is 8.47. The molecule has 122 valence electrons. The molecule has 0 spiro atoms. The van der Waals surface area contributed by atoms with Crippen LogP contribution in [0.15, 0.2) is 48.6 Å². The van der Waals surface area contributed by atoms with Crippen LogP contribution < -0.4 is 10.4 Å². The van der Waals surface area contributed by atoms with E-state index in [1.807, 2.05) is 37.3 Å². The zero-order chi connectivity index (χ0) is 16.8. The Balaban J connectivity index is 1.83. The molecule has 0 radical (unpaired) electrons. The molecule has 0 saturated carbocycles. The van der Waals surface area contributed by atoms with Gasteiger partial charge in [-0.1, -0.05) is 48.0 Å². The predicted octanol–water partition coefficient (Wildman–Crippen LogP) is 3.84. The maximum Gasteiger partial charge on any atom is 0.0718 e. The molecular formula is C20H17ClNO2-. The molecule has 1 heterocycles. The molecule has 0 unspecified atom stereocenters. The van der Waals surface area contributed by atoms with Gasteiger partial charge >= 0.3 is 0 Å². The molecule has 3 nitrogen and oxygen atoms in total. The average Bonchev–Trinajstić information content (AvgIpc) is 3.05. The van der Waals surface area contributed by atoms with E-state index in [0.29, 0.717) is 16.9 Å². The minimum atomic E-state index is -1.13. The Kier molecular flexibility index (Phi) is 3.61. The minimum absolute atomic E-state index is 0.130. The van der Waals surface area contributed by atoms with Gasteiger partial charge in [0.05, 0.1) is 12.0 Å². The van der Waals surface area contributed by atoms with Gasteiger partial charge in [-0.25, -0.2) is 0 Å². The van der Waals surface area contributed by atoms with Gasteiger partial charge in [0.2, 0.25) is 0 Å². The number of rotatable bonds is 2. The topological polar surface area (TPSA) is 52.2 Å². The lowest BCUT2D eigenvalue weighted by Crippen LogP contribution is -2.31. The zero-order valence-electron chi connectivity index (χ0n) is 13.3. The first kappa shape index (κ1) is 15.3. The molecule has 2 aromatic rings. The van der Waals surface area contributed by atoms with Crippen molar-refractivity contribution in [1.82, 2.24) is 0 Å². The summed E-state index contributed by atoms with van der Waals surface area (Å²) in [4.78, 5) is 11.4. The third-order valence-corrected chi connectivity index (χ3v) is 5.50. The van der Waals surface area contributed by atoms with Crippen molar-refractivity contribution in [2.24, 2.45) is 5.92 Å². The van der Waals surface area contributed by atoms with E-state index < -0.39 is 5.97 Å². The molecule has 0 aromatic heterocycles. The number of aromatic carboxylic acids is 1. The first-order valence-electron chi connectivity index (χ1n) is 8.10. The van der Waals surface area contributed by atoms with Crippen molar-refractivity contribution >= 4 is 23.3 Å². The van der Waals surface area contributed by atoms with Crippen molar-refractivity contribution in [3.05, 3.63) is 75.8 Å². The van der Waals surface area contributed by atoms with E-state index in [2.05, 4.69) is 17.5 Å². The molecule has 1 aliphatic carbocycles. The Morgan fingerprint density at radius 1 is 1.21 bits per heavy atom. The molecule has 2 aromatic carbocycles. The van der Waals surface area contributed by atoms with Gasteiger partial charge in [-0.05, 0) is 48.1 Å². The highest BCUT2D eigenvalue weighted by Crippen LogP contribution is 2.50. The van der Waals surface area contributed by atoms with Gasteiger partial charge in [-0.15, -0.1) is 0 Å². The molecule has 0 fully saturated rings. The van der Waals surface area contributed by atoms with Crippen LogP contribution in [0.25, 0.3) is 0 Å². The molecule has 24 heavy (non-hydrogen) atoms. The molecule has 1 aliphatic heterocycles. The van der Waals surface area contributed by atoms with E-state index in [0.717, 1.165) is 17.7 Å². The summed E-state index contributed by atoms with van der Waals surface area (Å²) in [5.41, 5.74) is 4.25. The zero-order valence-corrected chi connectivity index (χ0v) is 14.0. The first-order chi connectivity index (χ1) is 11.6. The number of nitrogens with one attached hydrogen (secondary N) is 1. The molecule has 0 saturated heterocycles. The number of fused-ring (bicyclic) bond motifs is 3. The Hall–Kier alpha value is -2.26. The van der Waals surface area contributed by atoms with E-state index in [9.17, 15) is 9.90 Å². The van der Waals surface area contributed by atoms with Gasteiger partial charge in [0.15, 0.2) is 0 Å². The normalized spacial score (nSPS) is 24.2. The number of carbonyl (C=O) groups excluding carboxylic acids is 1. The Morgan fingerprint density at radius 2 is 1.96 bits per heavy atom. The van der Waals surface area contributed by atoms with Crippen molar-refractivity contribution in [1.29, 1.82) is 0 Å². The number of benzene rings is 2. The number of carboxylic acids is 1. The van der Waals surface area contributed by atoms with Crippen LogP contribution >= 0.6 is 11.6 Å². The molecule has 1 N–H and O–H groups in total. The van der Waals surface area contributed by atoms with Crippen LogP contribution in [-0.2, 0) is 0 Å². The summed E-state index contributed by atoms with van der Waals surface area (Å²) in [6.07, 6.45) is 5.47. The van der Waals surface area contributed by atoms with Crippen molar-refractivity contribution in [3.8, 4) is 0 Å². The van der Waals surface area contributed by atoms with Gasteiger partial charge in [0, 0.05) is 22.2 Å². The number of halogens is 1. The van der Waals surface area contributed by atoms with Crippen molar-refractivity contribution in [2.75, 3.05) is 5.32 Å². The molecule has 3 atom stereocenters. The standard InChI is InChI=1S/C20H18ClNO2/c1-11-14(20(23)24)9-10-17-15-3-2-4-16(15)19(22-18(11)17)12-5-7-13(21)8-6-12/h2-3,5-10,15-16,19,22H,4H2,1H3,(H,23,24)/p-1/t15-,16-,19-/m0/s1. The van der Waals surface area contributed by atoms with Crippen LogP contribution in [-0.4, -0.2) is 5.97 Å². The summed E-state index contributed by atoms with van der Waals surface area (Å²) in [6.45, 7) is 1.84. The fraction of sp³-hybridized carbons (Fsp3) is 0.250. The smallest absolute Gasteiger partial charge is 0.0718 e. The maximum absolute atomic E-state index is 11.4. The van der Waals surface area contributed by atoms with Crippen molar-refractivity contribution in [2.45, 2.75) is 25.3 Å². The average molecular weight is 339 g/mol. The number of carbonyl (C=O) groups is 1. The lowest BCUT2D eigenvalue weighted by molar-refractivity contribution is -0.255. The highest BCUT2D eigenvalue weighted by atomic mass is 35.5. The highest BCUT2D eigenvalue weighted by Gasteiger charge is 2.38. The van der Waals surface area contributed by atoms with Crippen LogP contribution in [0.4, 0.5) is 5.69 Å². The molecule has 2 aliphatic rings. The van der Waals surface area contributed by atoms with Crippen LogP contribution in [0.3, 0.4) is 0 Å². The second-order valence-electron chi connectivity index (χ2n) is 6.52. The quantitative estimate of drug-likeness (QED) is 0.846. The molecule has 4 rings (SSSR count). The number of allylic oxidation sites excluding steroid dienone is 2. The Morgan fingerprint density at radius 3 is 2.67 bits per heavy atom. The van der Waals surface area contributed by atoms with E-state index >= 15 is 0 Å². The van der Waals surface area contributed by atoms with E-state index in [1.165, 1.54) is 11.1 Å². The lowest BCUT2D eigenvalue weighted by Gasteiger charge is -2.39. The van der Waals surface area contributed by atoms with Crippen LogP contribution in [0.1, 0.15) is 45.4 Å². The molecular weight excluding hydrogens is 322 g/mol. The van der Waals surface area contributed by atoms with Gasteiger partial charge in [-0.2, -0.15) is 0 Å². The number of hydrogen-bond donors (Lipinski definition) is 1. The number of carboxylic acid groups (broad SMARTS) is 1. The predicted molar refractivity (Wildman–Crippen MR) is 93.3 cm³/mol. The minimum Gasteiger partial charge on any atom is -0.545 e. The second kappa shape index (κ2) is 5.67. The third-order valence-electron chi connectivity index (χ3n) is 5.25. The summed E-state index contributed by atoms with van der Waals surface area (Å²) in [6, 6.07) is 11.6. The number of anilines is 1. The summed E-state index contributed by atoms with van der Waals surface area (Å²) in [5, 5.41) is 15.7. The Labute approximate surface area is 146 Å². The van der Waals surface area contributed by atoms with Crippen molar-refractivity contribution < 1.29 is 9.90 Å². The van der Waals surface area contributed by atoms with E-state index in [4.69, 9.17) is 11.6 Å². The van der Waals surface area contributed by atoms with Gasteiger partial charge in [0.1, 0.15) is 0 Å². The molecule has 0 amide bonds. The van der Waals surface area contributed by atoms with Crippen LogP contribution in [0.2, 0.25) is 5.02 Å². The fourth-order valence-corrected chi connectivity index (χ4v) is 4.16.